The topological polar surface area (TPSA) is 111 Å². The quantitative estimate of drug-likeness (QED) is 0.454. The van der Waals surface area contributed by atoms with Crippen molar-refractivity contribution in [2.75, 3.05) is 17.1 Å². The van der Waals surface area contributed by atoms with E-state index in [1.54, 1.807) is 56.6 Å². The van der Waals surface area contributed by atoms with Crippen LogP contribution in [0.25, 0.3) is 11.0 Å². The fourth-order valence-corrected chi connectivity index (χ4v) is 4.57. The number of carbonyl (C=O) groups is 1. The highest BCUT2D eigenvalue weighted by atomic mass is 32.2. The Morgan fingerprint density at radius 1 is 0.879 bits per heavy atom. The molecule has 10 heteroatoms. The monoisotopic (exact) mass is 466 g/mol. The van der Waals surface area contributed by atoms with Gasteiger partial charge in [-0.15, -0.1) is 0 Å². The third-order valence-electron chi connectivity index (χ3n) is 5.28. The fourth-order valence-electron chi connectivity index (χ4n) is 3.47. The second kappa shape index (κ2) is 8.47. The minimum atomic E-state index is -3.91. The number of rotatable bonds is 6. The summed E-state index contributed by atoms with van der Waals surface area (Å²) in [5, 5.41) is 2.75. The first-order chi connectivity index (χ1) is 15.7. The highest BCUT2D eigenvalue weighted by molar-refractivity contribution is 7.92. The Labute approximate surface area is 190 Å². The number of anilines is 2. The number of methoxy groups -OCH3 is 1. The molecule has 0 fully saturated rings. The number of hydrogen-bond donors (Lipinski definition) is 2. The number of hydrogen-bond acceptors (Lipinski definition) is 5. The molecule has 0 saturated carbocycles. The van der Waals surface area contributed by atoms with E-state index in [-0.39, 0.29) is 16.1 Å². The normalized spacial score (nSPS) is 11.4. The van der Waals surface area contributed by atoms with Crippen molar-refractivity contribution in [1.82, 2.24) is 9.13 Å². The molecule has 4 aromatic rings. The van der Waals surface area contributed by atoms with Gasteiger partial charge in [-0.25, -0.2) is 13.2 Å². The lowest BCUT2D eigenvalue weighted by Crippen LogP contribution is -2.19. The van der Waals surface area contributed by atoms with Crippen LogP contribution in [0.5, 0.6) is 5.75 Å². The smallest absolute Gasteiger partial charge is 0.328 e. The molecule has 0 atom stereocenters. The van der Waals surface area contributed by atoms with Crippen LogP contribution in [0.2, 0.25) is 0 Å². The lowest BCUT2D eigenvalue weighted by Gasteiger charge is -2.10. The van der Waals surface area contributed by atoms with Gasteiger partial charge in [0.1, 0.15) is 5.75 Å². The van der Waals surface area contributed by atoms with Gasteiger partial charge in [0.25, 0.3) is 15.9 Å². The first-order valence-electron chi connectivity index (χ1n) is 9.93. The molecule has 0 radical (unpaired) electrons. The van der Waals surface area contributed by atoms with E-state index < -0.39 is 15.9 Å². The number of aromatic nitrogens is 2. The van der Waals surface area contributed by atoms with Gasteiger partial charge in [-0.05, 0) is 60.7 Å². The number of carbonyl (C=O) groups excluding carboxylic acids is 1. The number of sulfonamides is 1. The standard InChI is InChI=1S/C23H22N4O5S/c1-26-20-12-9-17(14-21(20)27(2)23(26)29)24-22(28)15-5-4-6-19(13-15)33(30,31)25-16-7-10-18(32-3)11-8-16/h4-14,25H,1-3H3,(H,24,28). The molecule has 0 aliphatic carbocycles. The summed E-state index contributed by atoms with van der Waals surface area (Å²) in [5.74, 6) is 0.127. The summed E-state index contributed by atoms with van der Waals surface area (Å²) in [7, 11) is 0.941. The molecule has 0 saturated heterocycles. The second-order valence-electron chi connectivity index (χ2n) is 7.42. The van der Waals surface area contributed by atoms with Crippen molar-refractivity contribution in [3.63, 3.8) is 0 Å². The predicted molar refractivity (Wildman–Crippen MR) is 126 cm³/mol. The maximum atomic E-state index is 12.8. The molecule has 0 bridgehead atoms. The lowest BCUT2D eigenvalue weighted by molar-refractivity contribution is 0.102. The first kappa shape index (κ1) is 22.2. The van der Waals surface area contributed by atoms with Crippen LogP contribution < -0.4 is 20.5 Å². The van der Waals surface area contributed by atoms with Crippen molar-refractivity contribution in [2.45, 2.75) is 4.90 Å². The molecular formula is C23H22N4O5S. The van der Waals surface area contributed by atoms with Crippen LogP contribution in [0.3, 0.4) is 0 Å². The number of imidazole rings is 1. The summed E-state index contributed by atoms with van der Waals surface area (Å²) < 4.78 is 36.2. The maximum absolute atomic E-state index is 12.8. The van der Waals surface area contributed by atoms with E-state index in [2.05, 4.69) is 10.0 Å². The summed E-state index contributed by atoms with van der Waals surface area (Å²) in [5.41, 5.74) is 2.26. The number of aryl methyl sites for hydroxylation is 2. The molecule has 9 nitrogen and oxygen atoms in total. The van der Waals surface area contributed by atoms with E-state index in [9.17, 15) is 18.0 Å². The van der Waals surface area contributed by atoms with E-state index in [1.165, 1.54) is 40.5 Å². The average molecular weight is 467 g/mol. The Balaban J connectivity index is 1.56. The summed E-state index contributed by atoms with van der Waals surface area (Å²) >= 11 is 0. The average Bonchev–Trinajstić information content (AvgIpc) is 3.03. The third kappa shape index (κ3) is 4.33. The van der Waals surface area contributed by atoms with Crippen molar-refractivity contribution in [2.24, 2.45) is 14.1 Å². The Bertz CT molecular complexity index is 1520. The summed E-state index contributed by atoms with van der Waals surface area (Å²) in [6.45, 7) is 0. The number of nitrogens with one attached hydrogen (secondary N) is 2. The van der Waals surface area contributed by atoms with Gasteiger partial charge in [-0.1, -0.05) is 6.07 Å². The second-order valence-corrected chi connectivity index (χ2v) is 9.10. The van der Waals surface area contributed by atoms with E-state index in [0.29, 0.717) is 22.6 Å². The number of ether oxygens (including phenoxy) is 1. The predicted octanol–water partition coefficient (Wildman–Crippen LogP) is 2.94. The van der Waals surface area contributed by atoms with Crippen molar-refractivity contribution >= 4 is 38.3 Å². The zero-order valence-electron chi connectivity index (χ0n) is 18.2. The van der Waals surface area contributed by atoms with Crippen molar-refractivity contribution in [3.8, 4) is 5.75 Å². The molecule has 0 aliphatic rings. The number of fused-ring (bicyclic) bond motifs is 1. The molecule has 3 aromatic carbocycles. The number of benzene rings is 3. The molecule has 0 spiro atoms. The summed E-state index contributed by atoms with van der Waals surface area (Å²) in [4.78, 5) is 24.9. The van der Waals surface area contributed by atoms with E-state index in [0.717, 1.165) is 5.52 Å². The molecule has 170 valence electrons. The Morgan fingerprint density at radius 3 is 2.24 bits per heavy atom. The van der Waals surface area contributed by atoms with Crippen LogP contribution in [0.4, 0.5) is 11.4 Å². The Morgan fingerprint density at radius 2 is 1.55 bits per heavy atom. The zero-order chi connectivity index (χ0) is 23.8. The molecule has 1 amide bonds. The highest BCUT2D eigenvalue weighted by Gasteiger charge is 2.17. The minimum Gasteiger partial charge on any atom is -0.497 e. The summed E-state index contributed by atoms with van der Waals surface area (Å²) in [6, 6.07) is 17.3. The molecular weight excluding hydrogens is 444 g/mol. The molecule has 0 unspecified atom stereocenters. The molecule has 1 aromatic heterocycles. The van der Waals surface area contributed by atoms with Crippen molar-refractivity contribution in [3.05, 3.63) is 82.8 Å². The largest absolute Gasteiger partial charge is 0.497 e. The molecule has 33 heavy (non-hydrogen) atoms. The van der Waals surface area contributed by atoms with Gasteiger partial charge >= 0.3 is 5.69 Å². The van der Waals surface area contributed by atoms with Crippen LogP contribution >= 0.6 is 0 Å². The minimum absolute atomic E-state index is 0.0492. The number of amides is 1. The van der Waals surface area contributed by atoms with E-state index in [1.807, 2.05) is 0 Å². The zero-order valence-corrected chi connectivity index (χ0v) is 19.0. The van der Waals surface area contributed by atoms with Crippen LogP contribution in [0, 0.1) is 0 Å². The van der Waals surface area contributed by atoms with Gasteiger partial charge in [-0.2, -0.15) is 0 Å². The van der Waals surface area contributed by atoms with Gasteiger partial charge in [0.2, 0.25) is 0 Å². The summed E-state index contributed by atoms with van der Waals surface area (Å²) in [6.07, 6.45) is 0. The van der Waals surface area contributed by atoms with Crippen LogP contribution in [0.15, 0.2) is 76.4 Å². The molecule has 2 N–H and O–H groups in total. The molecule has 4 rings (SSSR count). The molecule has 0 aliphatic heterocycles. The van der Waals surface area contributed by atoms with Crippen LogP contribution in [0.1, 0.15) is 10.4 Å². The number of nitrogens with zero attached hydrogens (tertiary/aromatic N) is 2. The van der Waals surface area contributed by atoms with Crippen molar-refractivity contribution < 1.29 is 17.9 Å². The first-order valence-corrected chi connectivity index (χ1v) is 11.4. The highest BCUT2D eigenvalue weighted by Crippen LogP contribution is 2.21. The van der Waals surface area contributed by atoms with Crippen molar-refractivity contribution in [1.29, 1.82) is 0 Å². The molecule has 1 heterocycles. The van der Waals surface area contributed by atoms with Gasteiger partial charge in [0.05, 0.1) is 23.0 Å². The maximum Gasteiger partial charge on any atom is 0.328 e. The SMILES string of the molecule is COc1ccc(NS(=O)(=O)c2cccc(C(=O)Nc3ccc4c(c3)n(C)c(=O)n4C)c2)cc1. The third-order valence-corrected chi connectivity index (χ3v) is 6.66. The van der Waals surface area contributed by atoms with E-state index in [4.69, 9.17) is 4.74 Å². The van der Waals surface area contributed by atoms with E-state index >= 15 is 0 Å². The Kier molecular flexibility index (Phi) is 5.69. The van der Waals surface area contributed by atoms with Gasteiger partial charge in [0, 0.05) is 31.0 Å². The fraction of sp³-hybridized carbons (Fsp3) is 0.130. The lowest BCUT2D eigenvalue weighted by atomic mass is 10.2. The Hall–Kier alpha value is -4.05. The van der Waals surface area contributed by atoms with Gasteiger partial charge in [-0.3, -0.25) is 18.7 Å². The van der Waals surface area contributed by atoms with Gasteiger partial charge in [0.15, 0.2) is 0 Å². The van der Waals surface area contributed by atoms with Crippen LogP contribution in [-0.4, -0.2) is 30.6 Å². The van der Waals surface area contributed by atoms with Crippen LogP contribution in [-0.2, 0) is 24.1 Å². The van der Waals surface area contributed by atoms with Gasteiger partial charge < -0.3 is 10.1 Å².